The van der Waals surface area contributed by atoms with E-state index in [1.807, 2.05) is 68.4 Å². The van der Waals surface area contributed by atoms with Crippen LogP contribution in [-0.4, -0.2) is 42.4 Å². The van der Waals surface area contributed by atoms with E-state index in [1.165, 1.54) is 4.90 Å². The van der Waals surface area contributed by atoms with E-state index in [-0.39, 0.29) is 24.3 Å². The average molecular weight is 603 g/mol. The zero-order valence-corrected chi connectivity index (χ0v) is 22.6. The number of carbonyl (C=O) groups excluding carboxylic acids is 2. The van der Waals surface area contributed by atoms with E-state index >= 15 is 0 Å². The van der Waals surface area contributed by atoms with Crippen LogP contribution >= 0.6 is 34.4 Å². The van der Waals surface area contributed by atoms with Crippen molar-refractivity contribution in [2.75, 3.05) is 26.4 Å². The molecule has 0 N–H and O–H groups in total. The SMILES string of the molecule is CCCOc1c(I)cc(/C=C2\SC(=O)N(CCOc3cccc4ccccc34)C2=O)cc1OCC. The Labute approximate surface area is 222 Å². The molecule has 182 valence electrons. The highest BCUT2D eigenvalue weighted by molar-refractivity contribution is 14.1. The van der Waals surface area contributed by atoms with E-state index in [0.29, 0.717) is 29.6 Å². The Bertz CT molecular complexity index is 1270. The second-order valence-electron chi connectivity index (χ2n) is 7.77. The van der Waals surface area contributed by atoms with E-state index in [9.17, 15) is 9.59 Å². The highest BCUT2D eigenvalue weighted by Gasteiger charge is 2.35. The first-order valence-electron chi connectivity index (χ1n) is 11.5. The molecule has 0 saturated carbocycles. The van der Waals surface area contributed by atoms with E-state index in [2.05, 4.69) is 22.6 Å². The quantitative estimate of drug-likeness (QED) is 0.189. The molecule has 35 heavy (non-hydrogen) atoms. The van der Waals surface area contributed by atoms with Crippen LogP contribution in [0.15, 0.2) is 59.5 Å². The van der Waals surface area contributed by atoms with Crippen LogP contribution in [0, 0.1) is 3.57 Å². The summed E-state index contributed by atoms with van der Waals surface area (Å²) < 4.78 is 18.4. The van der Waals surface area contributed by atoms with Gasteiger partial charge in [0.2, 0.25) is 0 Å². The second kappa shape index (κ2) is 11.8. The molecule has 1 aliphatic rings. The third-order valence-electron chi connectivity index (χ3n) is 5.28. The molecule has 0 spiro atoms. The Morgan fingerprint density at radius 3 is 2.54 bits per heavy atom. The van der Waals surface area contributed by atoms with Crippen LogP contribution in [0.3, 0.4) is 0 Å². The van der Waals surface area contributed by atoms with Crippen LogP contribution in [0.5, 0.6) is 17.2 Å². The minimum absolute atomic E-state index is 0.177. The van der Waals surface area contributed by atoms with Crippen molar-refractivity contribution in [3.8, 4) is 17.2 Å². The number of imide groups is 1. The molecule has 0 aliphatic carbocycles. The summed E-state index contributed by atoms with van der Waals surface area (Å²) in [6.07, 6.45) is 2.62. The lowest BCUT2D eigenvalue weighted by atomic mass is 10.1. The fraction of sp³-hybridized carbons (Fsp3) is 0.259. The van der Waals surface area contributed by atoms with Gasteiger partial charge < -0.3 is 14.2 Å². The smallest absolute Gasteiger partial charge is 0.293 e. The Balaban J connectivity index is 1.46. The Kier molecular flexibility index (Phi) is 8.56. The number of thioether (sulfide) groups is 1. The molecule has 4 rings (SSSR count). The van der Waals surface area contributed by atoms with Crippen LogP contribution in [0.25, 0.3) is 16.8 Å². The molecule has 1 fully saturated rings. The predicted octanol–water partition coefficient (Wildman–Crippen LogP) is 6.75. The molecule has 3 aromatic rings. The molecule has 6 nitrogen and oxygen atoms in total. The van der Waals surface area contributed by atoms with Gasteiger partial charge in [-0.05, 0) is 82.9 Å². The van der Waals surface area contributed by atoms with Gasteiger partial charge in [0, 0.05) is 5.39 Å². The van der Waals surface area contributed by atoms with Crippen molar-refractivity contribution < 1.29 is 23.8 Å². The zero-order chi connectivity index (χ0) is 24.8. The van der Waals surface area contributed by atoms with E-state index < -0.39 is 0 Å². The number of amides is 2. The van der Waals surface area contributed by atoms with Gasteiger partial charge >= 0.3 is 0 Å². The van der Waals surface area contributed by atoms with Crippen LogP contribution in [0.2, 0.25) is 0 Å². The summed E-state index contributed by atoms with van der Waals surface area (Å²) in [5.41, 5.74) is 0.777. The number of ether oxygens (including phenoxy) is 3. The number of carbonyl (C=O) groups is 2. The van der Waals surface area contributed by atoms with Gasteiger partial charge in [-0.1, -0.05) is 43.3 Å². The van der Waals surface area contributed by atoms with Crippen LogP contribution < -0.4 is 14.2 Å². The van der Waals surface area contributed by atoms with Crippen molar-refractivity contribution >= 4 is 62.3 Å². The molecule has 0 aromatic heterocycles. The molecule has 2 amide bonds. The minimum Gasteiger partial charge on any atom is -0.491 e. The summed E-state index contributed by atoms with van der Waals surface area (Å²) in [6, 6.07) is 17.5. The van der Waals surface area contributed by atoms with Gasteiger partial charge in [0.05, 0.1) is 28.2 Å². The molecule has 1 aliphatic heterocycles. The lowest BCUT2D eigenvalue weighted by Crippen LogP contribution is -2.32. The molecule has 8 heteroatoms. The Hall–Kier alpha value is -2.72. The number of rotatable bonds is 10. The molecule has 1 heterocycles. The zero-order valence-electron chi connectivity index (χ0n) is 19.6. The molecular formula is C27H26INO5S. The van der Waals surface area contributed by atoms with Gasteiger partial charge in [0.1, 0.15) is 12.4 Å². The van der Waals surface area contributed by atoms with Gasteiger partial charge in [-0.2, -0.15) is 0 Å². The van der Waals surface area contributed by atoms with E-state index in [4.69, 9.17) is 14.2 Å². The lowest BCUT2D eigenvalue weighted by molar-refractivity contribution is -0.123. The number of benzene rings is 3. The number of fused-ring (bicyclic) bond motifs is 1. The van der Waals surface area contributed by atoms with Crippen LogP contribution in [-0.2, 0) is 4.79 Å². The first kappa shape index (κ1) is 25.4. The molecule has 0 bridgehead atoms. The topological polar surface area (TPSA) is 65.1 Å². The predicted molar refractivity (Wildman–Crippen MR) is 148 cm³/mol. The van der Waals surface area contributed by atoms with Gasteiger partial charge in [-0.3, -0.25) is 14.5 Å². The Morgan fingerprint density at radius 1 is 0.943 bits per heavy atom. The number of halogens is 1. The van der Waals surface area contributed by atoms with E-state index in [0.717, 1.165) is 43.8 Å². The molecule has 0 unspecified atom stereocenters. The highest BCUT2D eigenvalue weighted by Crippen LogP contribution is 2.37. The molecule has 0 radical (unpaired) electrons. The molecule has 3 aromatic carbocycles. The molecule has 0 atom stereocenters. The van der Waals surface area contributed by atoms with Crippen molar-refractivity contribution in [1.82, 2.24) is 4.90 Å². The van der Waals surface area contributed by atoms with E-state index in [1.54, 1.807) is 6.08 Å². The van der Waals surface area contributed by atoms with Crippen LogP contribution in [0.1, 0.15) is 25.8 Å². The summed E-state index contributed by atoms with van der Waals surface area (Å²) >= 11 is 3.14. The van der Waals surface area contributed by atoms with Gasteiger partial charge in [0.25, 0.3) is 11.1 Å². The first-order chi connectivity index (χ1) is 17.0. The van der Waals surface area contributed by atoms with Crippen molar-refractivity contribution in [1.29, 1.82) is 0 Å². The minimum atomic E-state index is -0.319. The number of nitrogens with zero attached hydrogens (tertiary/aromatic N) is 1. The summed E-state index contributed by atoms with van der Waals surface area (Å²) in [6.45, 7) is 5.44. The lowest BCUT2D eigenvalue weighted by Gasteiger charge is -2.15. The average Bonchev–Trinajstić information content (AvgIpc) is 3.11. The maximum absolute atomic E-state index is 13.0. The monoisotopic (exact) mass is 603 g/mol. The summed E-state index contributed by atoms with van der Waals surface area (Å²) in [5, 5.41) is 1.77. The summed E-state index contributed by atoms with van der Waals surface area (Å²) in [5.74, 6) is 1.74. The van der Waals surface area contributed by atoms with Crippen molar-refractivity contribution in [3.63, 3.8) is 0 Å². The third kappa shape index (κ3) is 5.92. The van der Waals surface area contributed by atoms with Crippen molar-refractivity contribution in [2.45, 2.75) is 20.3 Å². The molecule has 1 saturated heterocycles. The number of hydrogen-bond donors (Lipinski definition) is 0. The molecular weight excluding hydrogens is 577 g/mol. The fourth-order valence-corrected chi connectivity index (χ4v) is 5.34. The van der Waals surface area contributed by atoms with Crippen molar-refractivity contribution in [2.24, 2.45) is 0 Å². The highest BCUT2D eigenvalue weighted by atomic mass is 127. The van der Waals surface area contributed by atoms with Gasteiger partial charge in [0.15, 0.2) is 11.5 Å². The third-order valence-corrected chi connectivity index (χ3v) is 6.98. The normalized spacial score (nSPS) is 14.7. The van der Waals surface area contributed by atoms with Gasteiger partial charge in [-0.25, -0.2) is 0 Å². The maximum atomic E-state index is 13.0. The largest absolute Gasteiger partial charge is 0.491 e. The maximum Gasteiger partial charge on any atom is 0.293 e. The van der Waals surface area contributed by atoms with Crippen LogP contribution in [0.4, 0.5) is 4.79 Å². The summed E-state index contributed by atoms with van der Waals surface area (Å²) in [7, 11) is 0. The summed E-state index contributed by atoms with van der Waals surface area (Å²) in [4.78, 5) is 27.2. The first-order valence-corrected chi connectivity index (χ1v) is 13.4. The van der Waals surface area contributed by atoms with Gasteiger partial charge in [-0.15, -0.1) is 0 Å². The fourth-order valence-electron chi connectivity index (χ4n) is 3.69. The van der Waals surface area contributed by atoms with Crippen molar-refractivity contribution in [3.05, 3.63) is 68.6 Å². The Morgan fingerprint density at radius 2 is 1.74 bits per heavy atom. The number of hydrogen-bond acceptors (Lipinski definition) is 6. The second-order valence-corrected chi connectivity index (χ2v) is 9.93. The standard InChI is InChI=1S/C27H26INO5S/c1-3-13-34-25-21(28)15-18(16-23(25)32-4-2)17-24-26(30)29(27(31)35-24)12-14-33-22-11-7-9-19-8-5-6-10-20(19)22/h5-11,15-17H,3-4,12-14H2,1-2H3/b24-17-.